The molecule has 1 aromatic carbocycles. The molecule has 10 nitrogen and oxygen atoms in total. The molecule has 0 spiro atoms. The Morgan fingerprint density at radius 3 is 2.51 bits per heavy atom. The van der Waals surface area contributed by atoms with Crippen LogP contribution in [-0.2, 0) is 20.8 Å². The molecular formula is C23H24N4O6S2. The van der Waals surface area contributed by atoms with Crippen LogP contribution in [0.2, 0.25) is 0 Å². The van der Waals surface area contributed by atoms with Crippen molar-refractivity contribution < 1.29 is 28.6 Å². The topological polar surface area (TPSA) is 122 Å². The Morgan fingerprint density at radius 2 is 1.86 bits per heavy atom. The number of esters is 2. The molecule has 1 amide bonds. The lowest BCUT2D eigenvalue weighted by molar-refractivity contribution is -0.113. The standard InChI is InChI=1S/C23H24N4O6S2/c1-6-11-27-19(14-9-7-8-10-15(14)31-3)25-26-23(27)34-12-16(28)24-20-17(21(29)32-4)13(2)18(35-20)22(30)33-5/h6-10H,1,11-12H2,2-5H3,(H,24,28). The molecule has 12 heteroatoms. The van der Waals surface area contributed by atoms with Crippen LogP contribution in [0.3, 0.4) is 0 Å². The summed E-state index contributed by atoms with van der Waals surface area (Å²) < 4.78 is 16.8. The molecule has 0 saturated carbocycles. The maximum Gasteiger partial charge on any atom is 0.348 e. The number of carbonyl (C=O) groups is 3. The second-order valence-electron chi connectivity index (χ2n) is 6.99. The zero-order valence-electron chi connectivity index (χ0n) is 19.6. The number of allylic oxidation sites excluding steroid dienone is 1. The van der Waals surface area contributed by atoms with Crippen LogP contribution in [0.1, 0.15) is 25.6 Å². The molecule has 1 N–H and O–H groups in total. The number of methoxy groups -OCH3 is 3. The van der Waals surface area contributed by atoms with Gasteiger partial charge in [-0.25, -0.2) is 9.59 Å². The fourth-order valence-electron chi connectivity index (χ4n) is 3.25. The molecule has 3 rings (SSSR count). The number of para-hydroxylation sites is 1. The third kappa shape index (κ3) is 5.54. The Bertz CT molecular complexity index is 1270. The third-order valence-corrected chi connectivity index (χ3v) is 7.02. The van der Waals surface area contributed by atoms with E-state index in [9.17, 15) is 14.4 Å². The van der Waals surface area contributed by atoms with Crippen LogP contribution < -0.4 is 10.1 Å². The van der Waals surface area contributed by atoms with Crippen LogP contribution >= 0.6 is 23.1 Å². The predicted molar refractivity (Wildman–Crippen MR) is 133 cm³/mol. The summed E-state index contributed by atoms with van der Waals surface area (Å²) in [6, 6.07) is 7.43. The third-order valence-electron chi connectivity index (χ3n) is 4.87. The van der Waals surface area contributed by atoms with Crippen molar-refractivity contribution in [1.29, 1.82) is 0 Å². The molecule has 0 radical (unpaired) electrons. The molecular weight excluding hydrogens is 492 g/mol. The lowest BCUT2D eigenvalue weighted by Gasteiger charge is -2.10. The van der Waals surface area contributed by atoms with Gasteiger partial charge < -0.3 is 19.5 Å². The van der Waals surface area contributed by atoms with Gasteiger partial charge in [-0.3, -0.25) is 9.36 Å². The molecule has 0 aliphatic carbocycles. The van der Waals surface area contributed by atoms with Gasteiger partial charge in [0.2, 0.25) is 5.91 Å². The Balaban J connectivity index is 1.82. The van der Waals surface area contributed by atoms with E-state index in [4.69, 9.17) is 14.2 Å². The van der Waals surface area contributed by atoms with Gasteiger partial charge in [0.1, 0.15) is 15.6 Å². The van der Waals surface area contributed by atoms with E-state index in [0.717, 1.165) is 16.9 Å². The molecule has 0 atom stereocenters. The Kier molecular flexibility index (Phi) is 8.66. The van der Waals surface area contributed by atoms with Crippen molar-refractivity contribution in [2.24, 2.45) is 0 Å². The van der Waals surface area contributed by atoms with Crippen molar-refractivity contribution in [2.75, 3.05) is 32.4 Å². The molecule has 3 aromatic rings. The number of anilines is 1. The summed E-state index contributed by atoms with van der Waals surface area (Å²) >= 11 is 2.12. The summed E-state index contributed by atoms with van der Waals surface area (Å²) in [4.78, 5) is 37.3. The van der Waals surface area contributed by atoms with Crippen LogP contribution in [0, 0.1) is 6.92 Å². The zero-order valence-corrected chi connectivity index (χ0v) is 21.2. The highest BCUT2D eigenvalue weighted by Gasteiger charge is 2.27. The van der Waals surface area contributed by atoms with Gasteiger partial charge in [0.25, 0.3) is 0 Å². The van der Waals surface area contributed by atoms with E-state index in [1.54, 1.807) is 20.1 Å². The molecule has 0 aliphatic rings. The highest BCUT2D eigenvalue weighted by atomic mass is 32.2. The number of carbonyl (C=O) groups excluding carboxylic acids is 3. The van der Waals surface area contributed by atoms with Crippen LogP contribution in [0.5, 0.6) is 5.75 Å². The van der Waals surface area contributed by atoms with Crippen molar-refractivity contribution in [1.82, 2.24) is 14.8 Å². The Hall–Kier alpha value is -3.64. The first kappa shape index (κ1) is 26.0. The molecule has 0 aliphatic heterocycles. The second-order valence-corrected chi connectivity index (χ2v) is 8.95. The molecule has 2 aromatic heterocycles. The first-order valence-corrected chi connectivity index (χ1v) is 12.1. The van der Waals surface area contributed by atoms with E-state index in [-0.39, 0.29) is 21.2 Å². The number of hydrogen-bond acceptors (Lipinski definition) is 10. The molecule has 2 heterocycles. The van der Waals surface area contributed by atoms with Gasteiger partial charge in [-0.2, -0.15) is 0 Å². The van der Waals surface area contributed by atoms with Gasteiger partial charge in [0.15, 0.2) is 11.0 Å². The Morgan fingerprint density at radius 1 is 1.14 bits per heavy atom. The minimum atomic E-state index is -0.663. The molecule has 0 fully saturated rings. The van der Waals surface area contributed by atoms with Gasteiger partial charge >= 0.3 is 11.9 Å². The molecule has 0 unspecified atom stereocenters. The van der Waals surface area contributed by atoms with Crippen molar-refractivity contribution in [3.63, 3.8) is 0 Å². The molecule has 0 bridgehead atoms. The number of ether oxygens (including phenoxy) is 3. The number of amides is 1. The lowest BCUT2D eigenvalue weighted by atomic mass is 10.1. The number of benzene rings is 1. The van der Waals surface area contributed by atoms with E-state index in [2.05, 4.69) is 22.1 Å². The van der Waals surface area contributed by atoms with Gasteiger partial charge in [-0.15, -0.1) is 28.1 Å². The quantitative estimate of drug-likeness (QED) is 0.243. The van der Waals surface area contributed by atoms with Gasteiger partial charge in [-0.1, -0.05) is 30.0 Å². The van der Waals surface area contributed by atoms with E-state index in [0.29, 0.717) is 28.8 Å². The SMILES string of the molecule is C=CCn1c(SCC(=O)Nc2sc(C(=O)OC)c(C)c2C(=O)OC)nnc1-c1ccccc1OC. The number of nitrogens with zero attached hydrogens (tertiary/aromatic N) is 3. The van der Waals surface area contributed by atoms with Gasteiger partial charge in [0.05, 0.1) is 38.2 Å². The summed E-state index contributed by atoms with van der Waals surface area (Å²) in [6.45, 7) is 5.81. The fraction of sp³-hybridized carbons (Fsp3) is 0.261. The maximum absolute atomic E-state index is 12.8. The van der Waals surface area contributed by atoms with Crippen molar-refractivity contribution in [2.45, 2.75) is 18.6 Å². The smallest absolute Gasteiger partial charge is 0.348 e. The summed E-state index contributed by atoms with van der Waals surface area (Å²) in [5.41, 5.74) is 1.25. The first-order chi connectivity index (χ1) is 16.9. The van der Waals surface area contributed by atoms with E-state index < -0.39 is 17.8 Å². The Labute approximate surface area is 210 Å². The van der Waals surface area contributed by atoms with Crippen molar-refractivity contribution in [3.05, 3.63) is 52.9 Å². The maximum atomic E-state index is 12.8. The van der Waals surface area contributed by atoms with Crippen molar-refractivity contribution in [3.8, 4) is 17.1 Å². The normalized spacial score (nSPS) is 10.5. The van der Waals surface area contributed by atoms with E-state index >= 15 is 0 Å². The number of nitrogens with one attached hydrogen (secondary N) is 1. The summed E-state index contributed by atoms with van der Waals surface area (Å²) in [7, 11) is 4.05. The average molecular weight is 517 g/mol. The minimum absolute atomic E-state index is 0.0215. The monoisotopic (exact) mass is 516 g/mol. The van der Waals surface area contributed by atoms with Crippen LogP contribution in [-0.4, -0.2) is 59.7 Å². The summed E-state index contributed by atoms with van der Waals surface area (Å²) in [5, 5.41) is 11.9. The van der Waals surface area contributed by atoms with Crippen LogP contribution in [0.15, 0.2) is 42.1 Å². The predicted octanol–water partition coefficient (Wildman–Crippen LogP) is 3.81. The summed E-state index contributed by atoms with van der Waals surface area (Å²) in [5.74, 6) is -0.464. The number of aromatic nitrogens is 3. The molecule has 0 saturated heterocycles. The minimum Gasteiger partial charge on any atom is -0.496 e. The second kappa shape index (κ2) is 11.7. The van der Waals surface area contributed by atoms with Gasteiger partial charge in [-0.05, 0) is 24.6 Å². The van der Waals surface area contributed by atoms with E-state index in [1.165, 1.54) is 26.0 Å². The van der Waals surface area contributed by atoms with E-state index in [1.807, 2.05) is 28.8 Å². The van der Waals surface area contributed by atoms with Gasteiger partial charge in [0, 0.05) is 6.54 Å². The zero-order chi connectivity index (χ0) is 25.5. The highest BCUT2D eigenvalue weighted by Crippen LogP contribution is 2.35. The lowest BCUT2D eigenvalue weighted by Crippen LogP contribution is -2.16. The van der Waals surface area contributed by atoms with Crippen molar-refractivity contribution >= 4 is 45.9 Å². The van der Waals surface area contributed by atoms with Crippen LogP contribution in [0.4, 0.5) is 5.00 Å². The largest absolute Gasteiger partial charge is 0.496 e. The number of rotatable bonds is 10. The number of thioether (sulfide) groups is 1. The number of hydrogen-bond donors (Lipinski definition) is 1. The molecule has 35 heavy (non-hydrogen) atoms. The molecule has 184 valence electrons. The number of thiophene rings is 1. The highest BCUT2D eigenvalue weighted by molar-refractivity contribution is 7.99. The first-order valence-electron chi connectivity index (χ1n) is 10.3. The average Bonchev–Trinajstić information content (AvgIpc) is 3.42. The fourth-order valence-corrected chi connectivity index (χ4v) is 5.12. The van der Waals surface area contributed by atoms with Crippen LogP contribution in [0.25, 0.3) is 11.4 Å². The summed E-state index contributed by atoms with van der Waals surface area (Å²) in [6.07, 6.45) is 1.71.